The Bertz CT molecular complexity index is 461. The van der Waals surface area contributed by atoms with E-state index in [0.717, 1.165) is 0 Å². The highest BCUT2D eigenvalue weighted by atomic mass is 16.4. The molecule has 0 radical (unpaired) electrons. The summed E-state index contributed by atoms with van der Waals surface area (Å²) in [7, 11) is 1.44. The molecular weight excluding hydrogens is 250 g/mol. The molecule has 4 N–H and O–H groups in total. The molecule has 102 valence electrons. The first-order valence-corrected chi connectivity index (χ1v) is 5.57. The quantitative estimate of drug-likeness (QED) is 0.594. The number of aliphatic carboxylic acids is 1. The van der Waals surface area contributed by atoms with Crippen molar-refractivity contribution in [1.82, 2.24) is 16.0 Å². The smallest absolute Gasteiger partial charge is 0.330 e. The molecule has 0 aliphatic rings. The van der Waals surface area contributed by atoms with Crippen LogP contribution in [0.15, 0.2) is 30.3 Å². The largest absolute Gasteiger partial charge is 0.479 e. The van der Waals surface area contributed by atoms with Gasteiger partial charge in [0.15, 0.2) is 6.04 Å². The highest BCUT2D eigenvalue weighted by molar-refractivity contribution is 5.86. The number of benzene rings is 1. The van der Waals surface area contributed by atoms with E-state index in [2.05, 4.69) is 16.0 Å². The van der Waals surface area contributed by atoms with Crippen LogP contribution in [0.2, 0.25) is 0 Å². The van der Waals surface area contributed by atoms with Crippen molar-refractivity contribution in [3.63, 3.8) is 0 Å². The lowest BCUT2D eigenvalue weighted by Gasteiger charge is -2.15. The predicted molar refractivity (Wildman–Crippen MR) is 67.4 cm³/mol. The van der Waals surface area contributed by atoms with Crippen LogP contribution in [-0.4, -0.2) is 36.6 Å². The SMILES string of the molecule is CNC(=O)CNC(=O)N[C@@H](C(=O)O)c1ccccc1. The first-order valence-electron chi connectivity index (χ1n) is 5.57. The summed E-state index contributed by atoms with van der Waals surface area (Å²) in [5, 5.41) is 16.0. The maximum absolute atomic E-state index is 11.5. The minimum Gasteiger partial charge on any atom is -0.479 e. The monoisotopic (exact) mass is 265 g/mol. The zero-order valence-electron chi connectivity index (χ0n) is 10.3. The van der Waals surface area contributed by atoms with Crippen molar-refractivity contribution in [3.8, 4) is 0 Å². The van der Waals surface area contributed by atoms with E-state index >= 15 is 0 Å². The third kappa shape index (κ3) is 4.66. The Hall–Kier alpha value is -2.57. The first-order chi connectivity index (χ1) is 9.04. The van der Waals surface area contributed by atoms with Crippen molar-refractivity contribution in [1.29, 1.82) is 0 Å². The molecule has 0 aliphatic heterocycles. The van der Waals surface area contributed by atoms with Crippen molar-refractivity contribution in [2.75, 3.05) is 13.6 Å². The normalized spacial score (nSPS) is 11.2. The van der Waals surface area contributed by atoms with Gasteiger partial charge in [0.2, 0.25) is 5.91 Å². The maximum atomic E-state index is 11.5. The molecule has 7 heteroatoms. The highest BCUT2D eigenvalue weighted by Crippen LogP contribution is 2.12. The van der Waals surface area contributed by atoms with Crippen LogP contribution in [0.4, 0.5) is 4.79 Å². The van der Waals surface area contributed by atoms with Crippen molar-refractivity contribution in [2.45, 2.75) is 6.04 Å². The Balaban J connectivity index is 2.62. The molecule has 19 heavy (non-hydrogen) atoms. The third-order valence-electron chi connectivity index (χ3n) is 2.34. The molecule has 0 spiro atoms. The maximum Gasteiger partial charge on any atom is 0.330 e. The van der Waals surface area contributed by atoms with Gasteiger partial charge >= 0.3 is 12.0 Å². The molecule has 1 atom stereocenters. The Morgan fingerprint density at radius 3 is 2.37 bits per heavy atom. The van der Waals surface area contributed by atoms with Crippen LogP contribution in [0.5, 0.6) is 0 Å². The second-order valence-corrected chi connectivity index (χ2v) is 3.68. The van der Waals surface area contributed by atoms with Gasteiger partial charge in [-0.3, -0.25) is 4.79 Å². The van der Waals surface area contributed by atoms with Gasteiger partial charge in [0.1, 0.15) is 0 Å². The summed E-state index contributed by atoms with van der Waals surface area (Å²) in [5.74, 6) is -1.55. The van der Waals surface area contributed by atoms with Gasteiger partial charge in [-0.1, -0.05) is 30.3 Å². The summed E-state index contributed by atoms with van der Waals surface area (Å²) in [5.41, 5.74) is 0.449. The van der Waals surface area contributed by atoms with Gasteiger partial charge in [-0.05, 0) is 5.56 Å². The van der Waals surface area contributed by atoms with Gasteiger partial charge in [0, 0.05) is 7.05 Å². The fourth-order valence-electron chi connectivity index (χ4n) is 1.36. The second-order valence-electron chi connectivity index (χ2n) is 3.68. The molecule has 1 aromatic carbocycles. The van der Waals surface area contributed by atoms with Crippen LogP contribution in [0.1, 0.15) is 11.6 Å². The molecule has 0 heterocycles. The second kappa shape index (κ2) is 7.00. The number of rotatable bonds is 5. The zero-order valence-corrected chi connectivity index (χ0v) is 10.3. The Labute approximate surface area is 110 Å². The van der Waals surface area contributed by atoms with E-state index in [1.807, 2.05) is 0 Å². The van der Waals surface area contributed by atoms with Crippen molar-refractivity contribution >= 4 is 17.9 Å². The van der Waals surface area contributed by atoms with Crippen molar-refractivity contribution in [3.05, 3.63) is 35.9 Å². The summed E-state index contributed by atoms with van der Waals surface area (Å²) in [6.45, 7) is -0.219. The molecule has 0 aliphatic carbocycles. The average Bonchev–Trinajstić information content (AvgIpc) is 2.42. The number of carboxylic acid groups (broad SMARTS) is 1. The van der Waals surface area contributed by atoms with Gasteiger partial charge in [-0.15, -0.1) is 0 Å². The van der Waals surface area contributed by atoms with E-state index in [1.54, 1.807) is 30.3 Å². The van der Waals surface area contributed by atoms with Crippen LogP contribution in [0.25, 0.3) is 0 Å². The minimum atomic E-state index is -1.18. The van der Waals surface area contributed by atoms with E-state index in [9.17, 15) is 14.4 Å². The molecule has 0 unspecified atom stereocenters. The number of amides is 3. The first kappa shape index (κ1) is 14.5. The lowest BCUT2D eigenvalue weighted by molar-refractivity contribution is -0.139. The van der Waals surface area contributed by atoms with Gasteiger partial charge in [-0.2, -0.15) is 0 Å². The topological polar surface area (TPSA) is 108 Å². The molecule has 0 aromatic heterocycles. The Morgan fingerprint density at radius 2 is 1.84 bits per heavy atom. The fraction of sp³-hybridized carbons (Fsp3) is 0.250. The molecule has 0 fully saturated rings. The fourth-order valence-corrected chi connectivity index (χ4v) is 1.36. The summed E-state index contributed by atoms with van der Waals surface area (Å²) < 4.78 is 0. The molecule has 0 bridgehead atoms. The number of carbonyl (C=O) groups is 3. The molecule has 7 nitrogen and oxygen atoms in total. The predicted octanol–water partition coefficient (Wildman–Crippen LogP) is -0.142. The van der Waals surface area contributed by atoms with Crippen molar-refractivity contribution in [2.24, 2.45) is 0 Å². The summed E-state index contributed by atoms with van der Waals surface area (Å²) in [6, 6.07) is 6.40. The molecule has 3 amide bonds. The van der Waals surface area contributed by atoms with Crippen LogP contribution in [0.3, 0.4) is 0 Å². The number of hydrogen-bond acceptors (Lipinski definition) is 3. The van der Waals surface area contributed by atoms with Crippen LogP contribution in [0, 0.1) is 0 Å². The minimum absolute atomic E-state index is 0.219. The lowest BCUT2D eigenvalue weighted by Crippen LogP contribution is -2.44. The summed E-state index contributed by atoms with van der Waals surface area (Å²) in [4.78, 5) is 33.5. The van der Waals surface area contributed by atoms with Gasteiger partial charge in [0.25, 0.3) is 0 Å². The number of likely N-dealkylation sites (N-methyl/N-ethyl adjacent to an activating group) is 1. The molecule has 1 rings (SSSR count). The van der Waals surface area contributed by atoms with Crippen molar-refractivity contribution < 1.29 is 19.5 Å². The van der Waals surface area contributed by atoms with E-state index in [1.165, 1.54) is 7.05 Å². The molecule has 1 aromatic rings. The van der Waals surface area contributed by atoms with Crippen LogP contribution in [-0.2, 0) is 9.59 Å². The third-order valence-corrected chi connectivity index (χ3v) is 2.34. The van der Waals surface area contributed by atoms with Crippen LogP contribution < -0.4 is 16.0 Å². The standard InChI is InChI=1S/C12H15N3O4/c1-13-9(16)7-14-12(19)15-10(11(17)18)8-5-3-2-4-6-8/h2-6,10H,7H2,1H3,(H,13,16)(H,17,18)(H2,14,15,19)/t10-/m1/s1. The summed E-state index contributed by atoms with van der Waals surface area (Å²) in [6.07, 6.45) is 0. The van der Waals surface area contributed by atoms with Gasteiger partial charge in [-0.25, -0.2) is 9.59 Å². The average molecular weight is 265 g/mol. The van der Waals surface area contributed by atoms with Gasteiger partial charge in [0.05, 0.1) is 6.54 Å². The zero-order chi connectivity index (χ0) is 14.3. The number of nitrogens with one attached hydrogen (secondary N) is 3. The number of urea groups is 1. The number of carbonyl (C=O) groups excluding carboxylic acids is 2. The molecule has 0 saturated heterocycles. The number of hydrogen-bond donors (Lipinski definition) is 4. The van der Waals surface area contributed by atoms with E-state index in [4.69, 9.17) is 5.11 Å². The molecule has 0 saturated carbocycles. The van der Waals surface area contributed by atoms with Gasteiger partial charge < -0.3 is 21.1 Å². The lowest BCUT2D eigenvalue weighted by atomic mass is 10.1. The molecular formula is C12H15N3O4. The highest BCUT2D eigenvalue weighted by Gasteiger charge is 2.21. The van der Waals surface area contributed by atoms with Crippen LogP contribution >= 0.6 is 0 Å². The number of carboxylic acids is 1. The Morgan fingerprint density at radius 1 is 1.21 bits per heavy atom. The summed E-state index contributed by atoms with van der Waals surface area (Å²) >= 11 is 0. The van der Waals surface area contributed by atoms with E-state index < -0.39 is 18.0 Å². The van der Waals surface area contributed by atoms with E-state index in [0.29, 0.717) is 5.56 Å². The van der Waals surface area contributed by atoms with E-state index in [-0.39, 0.29) is 12.5 Å². The Kier molecular flexibility index (Phi) is 5.34.